The second-order valence-electron chi connectivity index (χ2n) is 6.82. The average molecular weight is 337 g/mol. The van der Waals surface area contributed by atoms with Crippen LogP contribution < -0.4 is 0 Å². The largest absolute Gasteiger partial charge is 0.507 e. The van der Waals surface area contributed by atoms with Gasteiger partial charge in [-0.05, 0) is 66.2 Å². The normalized spacial score (nSPS) is 21.0. The fourth-order valence-electron chi connectivity index (χ4n) is 4.07. The Labute approximate surface area is 147 Å². The maximum Gasteiger partial charge on any atom is 0.126 e. The highest BCUT2D eigenvalue weighted by atomic mass is 35.5. The number of hydrogen-bond donors (Lipinski definition) is 1. The van der Waals surface area contributed by atoms with E-state index in [-0.39, 0.29) is 0 Å². The van der Waals surface area contributed by atoms with Crippen LogP contribution in [0.4, 0.5) is 0 Å². The molecule has 4 rings (SSSR count). The number of benzene rings is 3. The van der Waals surface area contributed by atoms with E-state index in [4.69, 9.17) is 11.6 Å². The highest BCUT2D eigenvalue weighted by molar-refractivity contribution is 6.30. The Morgan fingerprint density at radius 2 is 1.42 bits per heavy atom. The molecule has 1 aliphatic rings. The lowest BCUT2D eigenvalue weighted by molar-refractivity contribution is 0.383. The maximum atomic E-state index is 10.7. The molecule has 0 saturated heterocycles. The number of rotatable bonds is 2. The van der Waals surface area contributed by atoms with E-state index >= 15 is 0 Å². The molecular formula is C22H21ClO. The third-order valence-corrected chi connectivity index (χ3v) is 5.69. The number of phenolic OH excluding ortho intramolecular Hbond substituents is 1. The highest BCUT2D eigenvalue weighted by Crippen LogP contribution is 2.44. The molecule has 1 nitrogen and oxygen atoms in total. The van der Waals surface area contributed by atoms with Gasteiger partial charge in [-0.25, -0.2) is 0 Å². The summed E-state index contributed by atoms with van der Waals surface area (Å²) in [6, 6.07) is 20.6. The molecule has 3 aromatic rings. The van der Waals surface area contributed by atoms with Gasteiger partial charge < -0.3 is 5.11 Å². The minimum absolute atomic E-state index is 0.457. The first-order valence-electron chi connectivity index (χ1n) is 8.68. The van der Waals surface area contributed by atoms with Gasteiger partial charge in [0.25, 0.3) is 0 Å². The summed E-state index contributed by atoms with van der Waals surface area (Å²) in [5.74, 6) is 1.54. The van der Waals surface area contributed by atoms with E-state index in [2.05, 4.69) is 30.3 Å². The molecule has 1 saturated carbocycles. The quantitative estimate of drug-likeness (QED) is 0.556. The van der Waals surface area contributed by atoms with Crippen molar-refractivity contribution in [1.29, 1.82) is 0 Å². The zero-order chi connectivity index (χ0) is 16.5. The SMILES string of the molecule is Oc1c(C2CCC(c3ccc(Cl)cc3)CC2)ccc2ccccc12. The molecule has 0 heterocycles. The molecule has 0 spiro atoms. The number of fused-ring (bicyclic) bond motifs is 1. The second kappa shape index (κ2) is 6.49. The second-order valence-corrected chi connectivity index (χ2v) is 7.26. The average Bonchev–Trinajstić information content (AvgIpc) is 2.63. The summed E-state index contributed by atoms with van der Waals surface area (Å²) in [4.78, 5) is 0. The highest BCUT2D eigenvalue weighted by Gasteiger charge is 2.25. The molecular weight excluding hydrogens is 316 g/mol. The van der Waals surface area contributed by atoms with E-state index in [1.165, 1.54) is 18.4 Å². The van der Waals surface area contributed by atoms with Gasteiger partial charge in [0.2, 0.25) is 0 Å². The van der Waals surface area contributed by atoms with E-state index in [0.717, 1.165) is 34.2 Å². The van der Waals surface area contributed by atoms with Gasteiger partial charge >= 0.3 is 0 Å². The van der Waals surface area contributed by atoms with Gasteiger partial charge in [0.1, 0.15) is 5.75 Å². The van der Waals surface area contributed by atoms with Crippen molar-refractivity contribution in [2.45, 2.75) is 37.5 Å². The molecule has 1 fully saturated rings. The van der Waals surface area contributed by atoms with E-state index in [9.17, 15) is 5.11 Å². The zero-order valence-electron chi connectivity index (χ0n) is 13.6. The summed E-state index contributed by atoms with van der Waals surface area (Å²) in [5, 5.41) is 13.6. The van der Waals surface area contributed by atoms with Crippen LogP contribution in [0.15, 0.2) is 60.7 Å². The van der Waals surface area contributed by atoms with E-state index in [1.807, 2.05) is 30.3 Å². The Morgan fingerprint density at radius 3 is 2.17 bits per heavy atom. The van der Waals surface area contributed by atoms with Crippen LogP contribution >= 0.6 is 11.6 Å². The van der Waals surface area contributed by atoms with Crippen molar-refractivity contribution in [2.24, 2.45) is 0 Å². The molecule has 0 bridgehead atoms. The van der Waals surface area contributed by atoms with Gasteiger partial charge in [0.05, 0.1) is 0 Å². The van der Waals surface area contributed by atoms with E-state index in [0.29, 0.717) is 17.6 Å². The first-order chi connectivity index (χ1) is 11.7. The summed E-state index contributed by atoms with van der Waals surface area (Å²) in [6.45, 7) is 0. The van der Waals surface area contributed by atoms with Gasteiger partial charge in [-0.1, -0.05) is 60.1 Å². The fourth-order valence-corrected chi connectivity index (χ4v) is 4.20. The molecule has 3 aromatic carbocycles. The first-order valence-corrected chi connectivity index (χ1v) is 9.06. The van der Waals surface area contributed by atoms with Crippen molar-refractivity contribution in [3.05, 3.63) is 76.8 Å². The van der Waals surface area contributed by atoms with Gasteiger partial charge in [0.15, 0.2) is 0 Å². The van der Waals surface area contributed by atoms with Crippen molar-refractivity contribution in [2.75, 3.05) is 0 Å². The van der Waals surface area contributed by atoms with Crippen LogP contribution in [-0.4, -0.2) is 5.11 Å². The molecule has 0 atom stereocenters. The van der Waals surface area contributed by atoms with Gasteiger partial charge in [-0.2, -0.15) is 0 Å². The molecule has 1 aliphatic carbocycles. The first kappa shape index (κ1) is 15.5. The van der Waals surface area contributed by atoms with Crippen molar-refractivity contribution in [1.82, 2.24) is 0 Å². The summed E-state index contributed by atoms with van der Waals surface area (Å²) in [5.41, 5.74) is 2.50. The maximum absolute atomic E-state index is 10.7. The monoisotopic (exact) mass is 336 g/mol. The molecule has 1 N–H and O–H groups in total. The van der Waals surface area contributed by atoms with Gasteiger partial charge in [-0.15, -0.1) is 0 Å². The van der Waals surface area contributed by atoms with E-state index < -0.39 is 0 Å². The Kier molecular flexibility index (Phi) is 4.20. The summed E-state index contributed by atoms with van der Waals surface area (Å²) in [7, 11) is 0. The minimum Gasteiger partial charge on any atom is -0.507 e. The van der Waals surface area contributed by atoms with Crippen LogP contribution in [0.3, 0.4) is 0 Å². The minimum atomic E-state index is 0.457. The van der Waals surface area contributed by atoms with Crippen molar-refractivity contribution in [3.63, 3.8) is 0 Å². The third kappa shape index (κ3) is 2.89. The van der Waals surface area contributed by atoms with E-state index in [1.54, 1.807) is 0 Å². The van der Waals surface area contributed by atoms with Crippen LogP contribution in [0.1, 0.15) is 48.6 Å². The molecule has 2 heteroatoms. The van der Waals surface area contributed by atoms with Crippen LogP contribution in [-0.2, 0) is 0 Å². The predicted molar refractivity (Wildman–Crippen MR) is 101 cm³/mol. The number of aromatic hydroxyl groups is 1. The fraction of sp³-hybridized carbons (Fsp3) is 0.273. The van der Waals surface area contributed by atoms with Crippen LogP contribution in [0.25, 0.3) is 10.8 Å². The van der Waals surface area contributed by atoms with Gasteiger partial charge in [-0.3, -0.25) is 0 Å². The smallest absolute Gasteiger partial charge is 0.126 e. The van der Waals surface area contributed by atoms with Crippen molar-refractivity contribution >= 4 is 22.4 Å². The Morgan fingerprint density at radius 1 is 0.750 bits per heavy atom. The van der Waals surface area contributed by atoms with Gasteiger partial charge in [0, 0.05) is 10.4 Å². The number of phenols is 1. The molecule has 122 valence electrons. The van der Waals surface area contributed by atoms with Crippen molar-refractivity contribution in [3.8, 4) is 5.75 Å². The Bertz CT molecular complexity index is 845. The Balaban J connectivity index is 1.53. The molecule has 0 amide bonds. The lowest BCUT2D eigenvalue weighted by Gasteiger charge is -2.29. The third-order valence-electron chi connectivity index (χ3n) is 5.44. The molecule has 0 aromatic heterocycles. The summed E-state index contributed by atoms with van der Waals surface area (Å²) < 4.78 is 0. The summed E-state index contributed by atoms with van der Waals surface area (Å²) >= 11 is 5.99. The number of hydrogen-bond acceptors (Lipinski definition) is 1. The predicted octanol–water partition coefficient (Wildman–Crippen LogP) is 6.64. The van der Waals surface area contributed by atoms with Crippen molar-refractivity contribution < 1.29 is 5.11 Å². The standard InChI is InChI=1S/C22H21ClO/c23-19-12-9-16(10-13-19)15-5-7-18(8-6-15)21-14-11-17-3-1-2-4-20(17)22(21)24/h1-4,9-15,18,24H,5-8H2. The van der Waals surface area contributed by atoms with Crippen LogP contribution in [0, 0.1) is 0 Å². The van der Waals surface area contributed by atoms with Crippen LogP contribution in [0.5, 0.6) is 5.75 Å². The molecule has 0 unspecified atom stereocenters. The topological polar surface area (TPSA) is 20.2 Å². The molecule has 24 heavy (non-hydrogen) atoms. The lowest BCUT2D eigenvalue weighted by Crippen LogP contribution is -2.12. The lowest BCUT2D eigenvalue weighted by atomic mass is 9.75. The number of halogens is 1. The Hall–Kier alpha value is -1.99. The summed E-state index contributed by atoms with van der Waals surface area (Å²) in [6.07, 6.45) is 4.58. The zero-order valence-corrected chi connectivity index (χ0v) is 14.3. The van der Waals surface area contributed by atoms with Crippen LogP contribution in [0.2, 0.25) is 5.02 Å². The molecule has 0 aliphatic heterocycles. The molecule has 0 radical (unpaired) electrons.